The van der Waals surface area contributed by atoms with Gasteiger partial charge >= 0.3 is 0 Å². The van der Waals surface area contributed by atoms with Crippen LogP contribution in [0, 0.1) is 0 Å². The Balaban J connectivity index is 1.82. The van der Waals surface area contributed by atoms with Crippen molar-refractivity contribution in [3.05, 3.63) is 41.4 Å². The first-order valence-electron chi connectivity index (χ1n) is 5.44. The van der Waals surface area contributed by atoms with Crippen LogP contribution in [0.25, 0.3) is 0 Å². The van der Waals surface area contributed by atoms with E-state index in [1.54, 1.807) is 5.51 Å². The SMILES string of the molecule is O=C(Nc1nncs1)C1(c2ccccc2)CC1. The van der Waals surface area contributed by atoms with Gasteiger partial charge in [0.2, 0.25) is 11.0 Å². The number of hydrogen-bond donors (Lipinski definition) is 1. The Kier molecular flexibility index (Phi) is 2.40. The summed E-state index contributed by atoms with van der Waals surface area (Å²) in [5.41, 5.74) is 2.35. The molecule has 1 aliphatic rings. The van der Waals surface area contributed by atoms with E-state index in [2.05, 4.69) is 15.5 Å². The van der Waals surface area contributed by atoms with Gasteiger partial charge in [0.05, 0.1) is 5.41 Å². The molecule has 1 aliphatic carbocycles. The number of amides is 1. The first-order valence-corrected chi connectivity index (χ1v) is 6.32. The van der Waals surface area contributed by atoms with E-state index in [0.717, 1.165) is 18.4 Å². The van der Waals surface area contributed by atoms with Gasteiger partial charge in [0.25, 0.3) is 0 Å². The van der Waals surface area contributed by atoms with Gasteiger partial charge in [0.15, 0.2) is 0 Å². The van der Waals surface area contributed by atoms with Crippen LogP contribution < -0.4 is 5.32 Å². The molecule has 1 fully saturated rings. The van der Waals surface area contributed by atoms with Gasteiger partial charge in [-0.15, -0.1) is 10.2 Å². The molecule has 5 heteroatoms. The van der Waals surface area contributed by atoms with E-state index in [0.29, 0.717) is 5.13 Å². The third kappa shape index (κ3) is 1.82. The van der Waals surface area contributed by atoms with Crippen LogP contribution in [0.1, 0.15) is 18.4 Å². The van der Waals surface area contributed by atoms with E-state index < -0.39 is 0 Å². The highest BCUT2D eigenvalue weighted by Crippen LogP contribution is 2.48. The van der Waals surface area contributed by atoms with Gasteiger partial charge in [0.1, 0.15) is 5.51 Å². The molecule has 0 radical (unpaired) electrons. The summed E-state index contributed by atoms with van der Waals surface area (Å²) in [6.07, 6.45) is 1.81. The first kappa shape index (κ1) is 10.4. The normalized spacial score (nSPS) is 16.5. The van der Waals surface area contributed by atoms with E-state index in [9.17, 15) is 4.79 Å². The lowest BCUT2D eigenvalue weighted by atomic mass is 9.95. The fraction of sp³-hybridized carbons (Fsp3) is 0.250. The fourth-order valence-corrected chi connectivity index (χ4v) is 2.41. The largest absolute Gasteiger partial charge is 0.300 e. The molecular formula is C12H11N3OS. The number of aromatic nitrogens is 2. The lowest BCUT2D eigenvalue weighted by Gasteiger charge is -2.13. The van der Waals surface area contributed by atoms with E-state index >= 15 is 0 Å². The quantitative estimate of drug-likeness (QED) is 0.902. The fourth-order valence-electron chi connectivity index (χ4n) is 1.97. The van der Waals surface area contributed by atoms with Crippen LogP contribution in [0.15, 0.2) is 35.8 Å². The van der Waals surface area contributed by atoms with Gasteiger partial charge in [-0.25, -0.2) is 0 Å². The van der Waals surface area contributed by atoms with E-state index in [1.165, 1.54) is 11.3 Å². The molecule has 0 spiro atoms. The first-order chi connectivity index (χ1) is 8.31. The molecule has 0 saturated heterocycles. The molecule has 1 N–H and O–H groups in total. The van der Waals surface area contributed by atoms with Crippen molar-refractivity contribution in [2.45, 2.75) is 18.3 Å². The number of nitrogens with zero attached hydrogens (tertiary/aromatic N) is 2. The maximum atomic E-state index is 12.2. The van der Waals surface area contributed by atoms with Gasteiger partial charge in [0, 0.05) is 0 Å². The number of rotatable bonds is 3. The van der Waals surface area contributed by atoms with Crippen LogP contribution in [-0.2, 0) is 10.2 Å². The standard InChI is InChI=1S/C12H11N3OS/c16-10(14-11-15-13-8-17-11)12(6-7-12)9-4-2-1-3-5-9/h1-5,8H,6-7H2,(H,14,15,16). The number of nitrogens with one attached hydrogen (secondary N) is 1. The molecule has 1 heterocycles. The third-order valence-electron chi connectivity index (χ3n) is 3.09. The second-order valence-electron chi connectivity index (χ2n) is 4.15. The number of hydrogen-bond acceptors (Lipinski definition) is 4. The van der Waals surface area contributed by atoms with E-state index in [-0.39, 0.29) is 11.3 Å². The van der Waals surface area contributed by atoms with E-state index in [4.69, 9.17) is 0 Å². The lowest BCUT2D eigenvalue weighted by molar-refractivity contribution is -0.118. The lowest BCUT2D eigenvalue weighted by Crippen LogP contribution is -2.27. The molecule has 86 valence electrons. The van der Waals surface area contributed by atoms with Gasteiger partial charge < -0.3 is 0 Å². The van der Waals surface area contributed by atoms with Crippen molar-refractivity contribution >= 4 is 22.4 Å². The van der Waals surface area contributed by atoms with Crippen molar-refractivity contribution in [3.8, 4) is 0 Å². The van der Waals surface area contributed by atoms with Crippen molar-refractivity contribution in [3.63, 3.8) is 0 Å². The highest BCUT2D eigenvalue weighted by atomic mass is 32.1. The summed E-state index contributed by atoms with van der Waals surface area (Å²) in [4.78, 5) is 12.2. The molecule has 1 aromatic carbocycles. The molecule has 2 aromatic rings. The zero-order valence-corrected chi connectivity index (χ0v) is 9.91. The van der Waals surface area contributed by atoms with Crippen molar-refractivity contribution in [1.82, 2.24) is 10.2 Å². The van der Waals surface area contributed by atoms with Gasteiger partial charge in [-0.05, 0) is 18.4 Å². The topological polar surface area (TPSA) is 54.9 Å². The predicted octanol–water partition coefficient (Wildman–Crippen LogP) is 2.21. The van der Waals surface area contributed by atoms with Gasteiger partial charge in [-0.2, -0.15) is 0 Å². The highest BCUT2D eigenvalue weighted by molar-refractivity contribution is 7.13. The van der Waals surface area contributed by atoms with E-state index in [1.807, 2.05) is 30.3 Å². The molecular weight excluding hydrogens is 234 g/mol. The Morgan fingerprint density at radius 3 is 2.65 bits per heavy atom. The maximum absolute atomic E-state index is 12.2. The smallest absolute Gasteiger partial charge is 0.236 e. The second kappa shape index (κ2) is 3.92. The minimum absolute atomic E-state index is 0.0282. The minimum atomic E-state index is -0.340. The number of benzene rings is 1. The Hall–Kier alpha value is -1.75. The summed E-state index contributed by atoms with van der Waals surface area (Å²) in [5, 5.41) is 10.9. The van der Waals surface area contributed by atoms with Crippen LogP contribution in [0.5, 0.6) is 0 Å². The molecule has 0 aliphatic heterocycles. The number of anilines is 1. The molecule has 1 amide bonds. The minimum Gasteiger partial charge on any atom is -0.300 e. The Labute approximate surface area is 103 Å². The van der Waals surface area contributed by atoms with Crippen LogP contribution in [0.4, 0.5) is 5.13 Å². The maximum Gasteiger partial charge on any atom is 0.236 e. The molecule has 0 atom stereocenters. The number of carbonyl (C=O) groups is 1. The van der Waals surface area contributed by atoms with Crippen molar-refractivity contribution in [2.24, 2.45) is 0 Å². The average molecular weight is 245 g/mol. The van der Waals surface area contributed by atoms with Crippen molar-refractivity contribution in [1.29, 1.82) is 0 Å². The van der Waals surface area contributed by atoms with Crippen LogP contribution in [0.2, 0.25) is 0 Å². The van der Waals surface area contributed by atoms with Crippen LogP contribution >= 0.6 is 11.3 Å². The summed E-state index contributed by atoms with van der Waals surface area (Å²) in [6.45, 7) is 0. The molecule has 4 nitrogen and oxygen atoms in total. The Morgan fingerprint density at radius 1 is 1.29 bits per heavy atom. The summed E-state index contributed by atoms with van der Waals surface area (Å²) >= 11 is 1.34. The Bertz CT molecular complexity index is 520. The molecule has 17 heavy (non-hydrogen) atoms. The average Bonchev–Trinajstić information content (AvgIpc) is 3.04. The summed E-state index contributed by atoms with van der Waals surface area (Å²) < 4.78 is 0. The predicted molar refractivity (Wildman–Crippen MR) is 65.9 cm³/mol. The van der Waals surface area contributed by atoms with Crippen molar-refractivity contribution < 1.29 is 4.79 Å². The highest BCUT2D eigenvalue weighted by Gasteiger charge is 2.51. The molecule has 1 saturated carbocycles. The summed E-state index contributed by atoms with van der Waals surface area (Å²) in [6, 6.07) is 9.91. The summed E-state index contributed by atoms with van der Waals surface area (Å²) in [7, 11) is 0. The van der Waals surface area contributed by atoms with Crippen molar-refractivity contribution in [2.75, 3.05) is 5.32 Å². The zero-order valence-electron chi connectivity index (χ0n) is 9.09. The van der Waals surface area contributed by atoms with Gasteiger partial charge in [-0.1, -0.05) is 41.7 Å². The number of carbonyl (C=O) groups excluding carboxylic acids is 1. The van der Waals surface area contributed by atoms with Crippen LogP contribution in [0.3, 0.4) is 0 Å². The van der Waals surface area contributed by atoms with Crippen LogP contribution in [-0.4, -0.2) is 16.1 Å². The zero-order chi connectivity index (χ0) is 11.7. The molecule has 0 bridgehead atoms. The monoisotopic (exact) mass is 245 g/mol. The van der Waals surface area contributed by atoms with Gasteiger partial charge in [-0.3, -0.25) is 10.1 Å². The summed E-state index contributed by atoms with van der Waals surface area (Å²) in [5.74, 6) is 0.0282. The molecule has 3 rings (SSSR count). The molecule has 0 unspecified atom stereocenters. The Morgan fingerprint density at radius 2 is 2.06 bits per heavy atom. The molecule has 1 aromatic heterocycles. The second-order valence-corrected chi connectivity index (χ2v) is 4.98. The third-order valence-corrected chi connectivity index (χ3v) is 3.70.